The molecule has 3 rings (SSSR count). The molecule has 5 heteroatoms. The minimum Gasteiger partial charge on any atom is -0.370 e. The number of nitrogens with one attached hydrogen (secondary N) is 1. The molecular weight excluding hydrogens is 347 g/mol. The lowest BCUT2D eigenvalue weighted by atomic mass is 9.97. The van der Waals surface area contributed by atoms with Crippen LogP contribution in [0.3, 0.4) is 0 Å². The van der Waals surface area contributed by atoms with Gasteiger partial charge in [0, 0.05) is 10.0 Å². The summed E-state index contributed by atoms with van der Waals surface area (Å²) in [6, 6.07) is 12.5. The van der Waals surface area contributed by atoms with Crippen molar-refractivity contribution in [3.05, 3.63) is 58.3 Å². The number of halogens is 2. The number of hydrogen-bond donors (Lipinski definition) is 1. The molecule has 1 N–H and O–H groups in total. The van der Waals surface area contributed by atoms with Gasteiger partial charge in [-0.1, -0.05) is 34.1 Å². The van der Waals surface area contributed by atoms with Crippen LogP contribution in [-0.2, 0) is 11.3 Å². The summed E-state index contributed by atoms with van der Waals surface area (Å²) < 4.78 is 14.8. The highest BCUT2D eigenvalue weighted by molar-refractivity contribution is 9.10. The fourth-order valence-electron chi connectivity index (χ4n) is 2.63. The van der Waals surface area contributed by atoms with E-state index in [0.29, 0.717) is 10.0 Å². The molecule has 2 aromatic carbocycles. The number of benzene rings is 2. The van der Waals surface area contributed by atoms with Crippen LogP contribution in [-0.4, -0.2) is 11.4 Å². The number of amides is 1. The lowest BCUT2D eigenvalue weighted by molar-refractivity contribution is -0.122. The zero-order valence-corrected chi connectivity index (χ0v) is 13.9. The van der Waals surface area contributed by atoms with E-state index in [9.17, 15) is 9.18 Å². The van der Waals surface area contributed by atoms with Gasteiger partial charge >= 0.3 is 0 Å². The highest BCUT2D eigenvalue weighted by Gasteiger charge is 2.38. The van der Waals surface area contributed by atoms with Crippen LogP contribution in [0.25, 0.3) is 0 Å². The molecule has 0 saturated carbocycles. The fraction of sp³-hybridized carbons (Fsp3) is 0.235. The smallest absolute Gasteiger partial charge is 0.252 e. The minimum atomic E-state index is -0.722. The lowest BCUT2D eigenvalue weighted by Crippen LogP contribution is -2.53. The number of carbonyl (C=O) groups is 1. The van der Waals surface area contributed by atoms with Gasteiger partial charge in [0.15, 0.2) is 0 Å². The molecule has 0 spiro atoms. The molecule has 1 aliphatic heterocycles. The summed E-state index contributed by atoms with van der Waals surface area (Å²) in [6.07, 6.45) is 0. The molecule has 22 heavy (non-hydrogen) atoms. The summed E-state index contributed by atoms with van der Waals surface area (Å²) in [4.78, 5) is 14.4. The maximum absolute atomic E-state index is 14.1. The average molecular weight is 363 g/mol. The van der Waals surface area contributed by atoms with Crippen LogP contribution in [0.1, 0.15) is 19.4 Å². The molecule has 0 radical (unpaired) electrons. The Balaban J connectivity index is 2.03. The summed E-state index contributed by atoms with van der Waals surface area (Å²) in [6.45, 7) is 3.87. The maximum atomic E-state index is 14.1. The second-order valence-electron chi connectivity index (χ2n) is 5.89. The van der Waals surface area contributed by atoms with Gasteiger partial charge in [-0.3, -0.25) is 4.79 Å². The normalized spacial score (nSPS) is 16.2. The van der Waals surface area contributed by atoms with E-state index in [0.717, 1.165) is 11.4 Å². The van der Waals surface area contributed by atoms with Crippen LogP contribution in [0.4, 0.5) is 15.8 Å². The van der Waals surface area contributed by atoms with Crippen molar-refractivity contribution in [3.63, 3.8) is 0 Å². The first kappa shape index (κ1) is 15.0. The Morgan fingerprint density at radius 3 is 2.68 bits per heavy atom. The van der Waals surface area contributed by atoms with Crippen molar-refractivity contribution in [1.29, 1.82) is 0 Å². The average Bonchev–Trinajstić information content (AvgIpc) is 2.45. The van der Waals surface area contributed by atoms with Crippen LogP contribution in [0.5, 0.6) is 0 Å². The van der Waals surface area contributed by atoms with Crippen molar-refractivity contribution in [1.82, 2.24) is 0 Å². The third-order valence-corrected chi connectivity index (χ3v) is 4.26. The van der Waals surface area contributed by atoms with E-state index >= 15 is 0 Å². The Morgan fingerprint density at radius 1 is 1.23 bits per heavy atom. The molecule has 0 aromatic heterocycles. The predicted octanol–water partition coefficient (Wildman–Crippen LogP) is 4.33. The van der Waals surface area contributed by atoms with Gasteiger partial charge in [-0.15, -0.1) is 0 Å². The number of carbonyl (C=O) groups excluding carboxylic acids is 1. The van der Waals surface area contributed by atoms with Crippen LogP contribution in [0, 0.1) is 5.82 Å². The molecule has 1 amide bonds. The van der Waals surface area contributed by atoms with Crippen LogP contribution in [0.15, 0.2) is 46.9 Å². The van der Waals surface area contributed by atoms with E-state index in [2.05, 4.69) is 21.2 Å². The molecule has 0 fully saturated rings. The van der Waals surface area contributed by atoms with E-state index in [1.807, 2.05) is 38.1 Å². The number of nitrogens with zero attached hydrogens (tertiary/aromatic N) is 1. The van der Waals surface area contributed by atoms with Crippen molar-refractivity contribution in [3.8, 4) is 0 Å². The van der Waals surface area contributed by atoms with Gasteiger partial charge in [0.25, 0.3) is 5.91 Å². The standard InChI is InChI=1S/C17H16BrFN2O/c1-17(2)16(22)21(15-6-4-3-5-14(15)20-17)10-11-7-8-12(18)9-13(11)19/h3-9,20H,10H2,1-2H3. The van der Waals surface area contributed by atoms with Crippen LogP contribution >= 0.6 is 15.9 Å². The number of anilines is 2. The zero-order valence-electron chi connectivity index (χ0n) is 12.4. The first-order valence-corrected chi connectivity index (χ1v) is 7.81. The van der Waals surface area contributed by atoms with Gasteiger partial charge in [0.1, 0.15) is 11.4 Å². The fourth-order valence-corrected chi connectivity index (χ4v) is 2.96. The van der Waals surface area contributed by atoms with Crippen molar-refractivity contribution in [2.45, 2.75) is 25.9 Å². The van der Waals surface area contributed by atoms with Gasteiger partial charge in [-0.2, -0.15) is 0 Å². The van der Waals surface area contributed by atoms with Gasteiger partial charge in [0.05, 0.1) is 17.9 Å². The van der Waals surface area contributed by atoms with Gasteiger partial charge < -0.3 is 10.2 Å². The third-order valence-electron chi connectivity index (χ3n) is 3.77. The predicted molar refractivity (Wildman–Crippen MR) is 89.4 cm³/mol. The van der Waals surface area contributed by atoms with E-state index in [1.165, 1.54) is 6.07 Å². The molecule has 0 aliphatic carbocycles. The summed E-state index contributed by atoms with van der Waals surface area (Å²) in [5.41, 5.74) is 1.42. The van der Waals surface area contributed by atoms with Crippen LogP contribution < -0.4 is 10.2 Å². The number of para-hydroxylation sites is 2. The largest absolute Gasteiger partial charge is 0.370 e. The lowest BCUT2D eigenvalue weighted by Gasteiger charge is -2.40. The Bertz CT molecular complexity index is 745. The van der Waals surface area contributed by atoms with Crippen molar-refractivity contribution >= 4 is 33.2 Å². The molecule has 114 valence electrons. The number of hydrogen-bond acceptors (Lipinski definition) is 2. The Hall–Kier alpha value is -1.88. The molecule has 3 nitrogen and oxygen atoms in total. The van der Waals surface area contributed by atoms with Crippen molar-refractivity contribution in [2.24, 2.45) is 0 Å². The van der Waals surface area contributed by atoms with E-state index in [-0.39, 0.29) is 18.3 Å². The summed E-state index contributed by atoms with van der Waals surface area (Å²) in [7, 11) is 0. The quantitative estimate of drug-likeness (QED) is 0.862. The molecule has 2 aromatic rings. The first-order chi connectivity index (χ1) is 10.4. The Kier molecular flexibility index (Phi) is 3.68. The van der Waals surface area contributed by atoms with E-state index in [1.54, 1.807) is 17.0 Å². The molecule has 1 heterocycles. The van der Waals surface area contributed by atoms with Gasteiger partial charge in [-0.25, -0.2) is 4.39 Å². The molecule has 0 unspecified atom stereocenters. The Labute approximate surface area is 137 Å². The van der Waals surface area contributed by atoms with Crippen LogP contribution in [0.2, 0.25) is 0 Å². The number of rotatable bonds is 2. The Morgan fingerprint density at radius 2 is 1.95 bits per heavy atom. The highest BCUT2D eigenvalue weighted by atomic mass is 79.9. The first-order valence-electron chi connectivity index (χ1n) is 7.01. The SMILES string of the molecule is CC1(C)Nc2ccccc2N(Cc2ccc(Br)cc2F)C1=O. The molecule has 0 bridgehead atoms. The van der Waals surface area contributed by atoms with E-state index in [4.69, 9.17) is 0 Å². The van der Waals surface area contributed by atoms with Gasteiger partial charge in [-0.05, 0) is 38.1 Å². The molecule has 0 atom stereocenters. The van der Waals surface area contributed by atoms with Crippen molar-refractivity contribution < 1.29 is 9.18 Å². The second-order valence-corrected chi connectivity index (χ2v) is 6.81. The summed E-state index contributed by atoms with van der Waals surface area (Å²) in [5, 5.41) is 3.23. The highest BCUT2D eigenvalue weighted by Crippen LogP contribution is 2.36. The molecule has 1 aliphatic rings. The summed E-state index contributed by atoms with van der Waals surface area (Å²) >= 11 is 3.25. The van der Waals surface area contributed by atoms with Gasteiger partial charge in [0.2, 0.25) is 0 Å². The minimum absolute atomic E-state index is 0.0754. The third kappa shape index (κ3) is 2.61. The second kappa shape index (κ2) is 5.39. The number of fused-ring (bicyclic) bond motifs is 1. The topological polar surface area (TPSA) is 32.3 Å². The molecule has 0 saturated heterocycles. The maximum Gasteiger partial charge on any atom is 0.252 e. The zero-order chi connectivity index (χ0) is 15.9. The van der Waals surface area contributed by atoms with Crippen molar-refractivity contribution in [2.75, 3.05) is 10.2 Å². The summed E-state index contributed by atoms with van der Waals surface area (Å²) in [5.74, 6) is -0.399. The van der Waals surface area contributed by atoms with E-state index < -0.39 is 5.54 Å². The monoisotopic (exact) mass is 362 g/mol. The molecular formula is C17H16BrFN2O.